The number of rotatable bonds is 3. The number of H-pyrrole nitrogens is 1. The van der Waals surface area contributed by atoms with Crippen LogP contribution in [0.3, 0.4) is 0 Å². The fraction of sp³-hybridized carbons (Fsp3) is 0.167. The monoisotopic (exact) mass is 325 g/mol. The first kappa shape index (κ1) is 17.2. The highest BCUT2D eigenvalue weighted by Gasteiger charge is 2.12. The maximum absolute atomic E-state index is 12.3. The van der Waals surface area contributed by atoms with E-state index in [2.05, 4.69) is 16.5 Å². The van der Waals surface area contributed by atoms with E-state index in [-0.39, 0.29) is 11.3 Å². The van der Waals surface area contributed by atoms with Crippen molar-refractivity contribution in [2.45, 2.75) is 20.8 Å². The minimum Gasteiger partial charge on any atom is -0.478 e. The lowest BCUT2D eigenvalue weighted by Gasteiger charge is -2.01. The predicted molar refractivity (Wildman–Crippen MR) is 95.2 cm³/mol. The quantitative estimate of drug-likeness (QED) is 0.572. The zero-order valence-electron chi connectivity index (χ0n) is 13.8. The molecule has 0 amide bonds. The summed E-state index contributed by atoms with van der Waals surface area (Å²) < 4.78 is 1.43. The Labute approximate surface area is 138 Å². The first-order chi connectivity index (χ1) is 11.5. The van der Waals surface area contributed by atoms with Crippen molar-refractivity contribution in [1.29, 1.82) is 0 Å². The molecule has 3 rings (SSSR count). The average Bonchev–Trinajstić information content (AvgIpc) is 2.91. The molecule has 0 saturated heterocycles. The van der Waals surface area contributed by atoms with Gasteiger partial charge in [0.25, 0.3) is 0 Å². The summed E-state index contributed by atoms with van der Waals surface area (Å²) in [6, 6.07) is 7.38. The number of carboxylic acids is 1. The second kappa shape index (κ2) is 6.95. The fourth-order valence-corrected chi connectivity index (χ4v) is 2.33. The highest BCUT2D eigenvalue weighted by atomic mass is 16.4. The number of hydrogen-bond acceptors (Lipinski definition) is 3. The molecule has 3 aromatic rings. The van der Waals surface area contributed by atoms with E-state index in [4.69, 9.17) is 5.11 Å². The van der Waals surface area contributed by atoms with Crippen LogP contribution < -0.4 is 5.69 Å². The van der Waals surface area contributed by atoms with E-state index in [1.807, 2.05) is 38.1 Å². The smallest absolute Gasteiger partial charge is 0.335 e. The number of carboxylic acid groups (broad SMARTS) is 1. The molecule has 0 aliphatic heterocycles. The van der Waals surface area contributed by atoms with E-state index >= 15 is 0 Å². The molecule has 1 aromatic carbocycles. The van der Waals surface area contributed by atoms with Crippen molar-refractivity contribution < 1.29 is 9.90 Å². The van der Waals surface area contributed by atoms with Crippen LogP contribution in [-0.2, 0) is 4.79 Å². The first-order valence-electron chi connectivity index (χ1n) is 7.59. The average molecular weight is 325 g/mol. The number of para-hydroxylation sites is 1. The van der Waals surface area contributed by atoms with Crippen LogP contribution in [0, 0.1) is 6.92 Å². The van der Waals surface area contributed by atoms with Crippen LogP contribution in [0.1, 0.15) is 25.2 Å². The summed E-state index contributed by atoms with van der Waals surface area (Å²) in [5, 5.41) is 9.67. The Hall–Kier alpha value is -3.15. The van der Waals surface area contributed by atoms with Gasteiger partial charge >= 0.3 is 11.7 Å². The van der Waals surface area contributed by atoms with Gasteiger partial charge in [-0.2, -0.15) is 0 Å². The third kappa shape index (κ3) is 2.99. The Morgan fingerprint density at radius 3 is 2.67 bits per heavy atom. The molecule has 2 N–H and O–H groups in total. The van der Waals surface area contributed by atoms with Crippen LogP contribution in [0.4, 0.5) is 0 Å². The molecular formula is C18H19N3O3. The van der Waals surface area contributed by atoms with Crippen LogP contribution in [0.15, 0.2) is 47.3 Å². The van der Waals surface area contributed by atoms with Gasteiger partial charge in [-0.05, 0) is 31.2 Å². The molecule has 124 valence electrons. The van der Waals surface area contributed by atoms with Crippen molar-refractivity contribution >= 4 is 28.6 Å². The summed E-state index contributed by atoms with van der Waals surface area (Å²) in [7, 11) is 0. The van der Waals surface area contributed by atoms with Crippen LogP contribution in [0.5, 0.6) is 0 Å². The number of nitrogens with zero attached hydrogens (tertiary/aromatic N) is 2. The predicted octanol–water partition coefficient (Wildman–Crippen LogP) is 3.16. The number of aromatic amines is 1. The Balaban J connectivity index is 0.00000100. The molecule has 2 heterocycles. The number of nitrogens with one attached hydrogen (secondary N) is 1. The molecule has 0 fully saturated rings. The van der Waals surface area contributed by atoms with Crippen molar-refractivity contribution in [2.75, 3.05) is 0 Å². The van der Waals surface area contributed by atoms with E-state index < -0.39 is 5.97 Å². The molecule has 0 saturated carbocycles. The normalized spacial score (nSPS) is 10.8. The largest absolute Gasteiger partial charge is 0.478 e. The summed E-state index contributed by atoms with van der Waals surface area (Å²) in [6.07, 6.45) is 2.89. The molecule has 0 atom stereocenters. The number of imidazole rings is 1. The summed E-state index contributed by atoms with van der Waals surface area (Å²) in [4.78, 5) is 30.3. The van der Waals surface area contributed by atoms with Gasteiger partial charge in [0.15, 0.2) is 5.65 Å². The summed E-state index contributed by atoms with van der Waals surface area (Å²) in [5.74, 6) is -1.11. The van der Waals surface area contributed by atoms with Gasteiger partial charge in [-0.25, -0.2) is 19.0 Å². The molecule has 6 nitrogen and oxygen atoms in total. The fourth-order valence-electron chi connectivity index (χ4n) is 2.33. The van der Waals surface area contributed by atoms with Gasteiger partial charge in [-0.15, -0.1) is 0 Å². The first-order valence-corrected chi connectivity index (χ1v) is 7.59. The van der Waals surface area contributed by atoms with Gasteiger partial charge in [-0.1, -0.05) is 32.6 Å². The lowest BCUT2D eigenvalue weighted by atomic mass is 10.2. The van der Waals surface area contributed by atoms with Gasteiger partial charge in [0.2, 0.25) is 0 Å². The van der Waals surface area contributed by atoms with Crippen molar-refractivity contribution in [3.63, 3.8) is 0 Å². The molecule has 24 heavy (non-hydrogen) atoms. The van der Waals surface area contributed by atoms with Gasteiger partial charge in [0.05, 0.1) is 22.5 Å². The van der Waals surface area contributed by atoms with E-state index in [9.17, 15) is 9.59 Å². The zero-order valence-corrected chi connectivity index (χ0v) is 13.8. The van der Waals surface area contributed by atoms with Crippen LogP contribution in [0.2, 0.25) is 0 Å². The van der Waals surface area contributed by atoms with Crippen LogP contribution in [0.25, 0.3) is 22.6 Å². The third-order valence-electron chi connectivity index (χ3n) is 3.43. The summed E-state index contributed by atoms with van der Waals surface area (Å²) >= 11 is 0. The molecule has 6 heteroatoms. The van der Waals surface area contributed by atoms with Crippen molar-refractivity contribution in [2.24, 2.45) is 0 Å². The number of fused-ring (bicyclic) bond motifs is 3. The zero-order chi connectivity index (χ0) is 17.9. The van der Waals surface area contributed by atoms with Gasteiger partial charge in [0.1, 0.15) is 0 Å². The van der Waals surface area contributed by atoms with Gasteiger partial charge in [0, 0.05) is 5.39 Å². The Morgan fingerprint density at radius 1 is 1.33 bits per heavy atom. The topological polar surface area (TPSA) is 87.5 Å². The molecule has 0 aliphatic rings. The van der Waals surface area contributed by atoms with E-state index in [0.29, 0.717) is 22.6 Å². The number of aryl methyl sites for hydroxylation is 1. The molecule has 0 bridgehead atoms. The maximum atomic E-state index is 12.3. The Morgan fingerprint density at radius 2 is 2.00 bits per heavy atom. The molecule has 0 unspecified atom stereocenters. The summed E-state index contributed by atoms with van der Waals surface area (Å²) in [6.45, 7) is 9.20. The molecular weight excluding hydrogens is 306 g/mol. The van der Waals surface area contributed by atoms with E-state index in [1.165, 1.54) is 16.6 Å². The number of benzene rings is 1. The van der Waals surface area contributed by atoms with Gasteiger partial charge in [-0.3, -0.25) is 0 Å². The highest BCUT2D eigenvalue weighted by molar-refractivity contribution is 5.92. The SMILES string of the molecule is C=C(/C=C\c1c(C)nc2c3ccccc3[nH]c(=O)n12)C(=O)O.CC. The van der Waals surface area contributed by atoms with Crippen molar-refractivity contribution in [1.82, 2.24) is 14.4 Å². The minimum atomic E-state index is -1.11. The Bertz CT molecular complexity index is 1010. The Kier molecular flexibility index (Phi) is 4.99. The second-order valence-electron chi connectivity index (χ2n) is 4.88. The van der Waals surface area contributed by atoms with E-state index in [1.54, 1.807) is 6.92 Å². The molecule has 0 radical (unpaired) electrons. The van der Waals surface area contributed by atoms with Crippen LogP contribution in [-0.4, -0.2) is 25.4 Å². The number of aromatic nitrogens is 3. The lowest BCUT2D eigenvalue weighted by molar-refractivity contribution is -0.132. The molecule has 0 aliphatic carbocycles. The second-order valence-corrected chi connectivity index (χ2v) is 4.88. The van der Waals surface area contributed by atoms with Crippen molar-refractivity contribution in [3.05, 3.63) is 64.4 Å². The number of carbonyl (C=O) groups is 1. The number of aliphatic carboxylic acids is 1. The van der Waals surface area contributed by atoms with Crippen molar-refractivity contribution in [3.8, 4) is 0 Å². The number of hydrogen-bond donors (Lipinski definition) is 2. The van der Waals surface area contributed by atoms with Crippen LogP contribution >= 0.6 is 0 Å². The van der Waals surface area contributed by atoms with E-state index in [0.717, 1.165) is 5.39 Å². The molecule has 0 spiro atoms. The lowest BCUT2D eigenvalue weighted by Crippen LogP contribution is -2.17. The maximum Gasteiger partial charge on any atom is 0.335 e. The molecule has 2 aromatic heterocycles. The third-order valence-corrected chi connectivity index (χ3v) is 3.43. The van der Waals surface area contributed by atoms with Gasteiger partial charge < -0.3 is 10.1 Å². The highest BCUT2D eigenvalue weighted by Crippen LogP contribution is 2.19. The standard InChI is InChI=1S/C16H13N3O3.C2H6/c1-9(15(20)21)7-8-13-10(2)17-14-11-5-3-4-6-12(11)18-16(22)19(13)14;1-2/h3-8H,1H2,2H3,(H,18,22)(H,20,21);1-2H3/b8-7-;. The summed E-state index contributed by atoms with van der Waals surface area (Å²) in [5.41, 5.74) is 2.02. The minimum absolute atomic E-state index is 0.0634.